The normalized spacial score (nSPS) is 25.1. The second-order valence-corrected chi connectivity index (χ2v) is 4.32. The largest absolute Gasteiger partial charge is 0.389 e. The van der Waals surface area contributed by atoms with Crippen molar-refractivity contribution in [2.24, 2.45) is 5.73 Å². The molecule has 13 heavy (non-hydrogen) atoms. The molecule has 1 fully saturated rings. The number of carbonyl (C=O) groups is 1. The number of rotatable bonds is 2. The van der Waals surface area contributed by atoms with Crippen LogP contribution in [0.15, 0.2) is 0 Å². The lowest BCUT2D eigenvalue weighted by Crippen LogP contribution is -2.52. The molecule has 4 nitrogen and oxygen atoms in total. The highest BCUT2D eigenvalue weighted by Crippen LogP contribution is 2.13. The molecular weight excluding hydrogens is 168 g/mol. The minimum Gasteiger partial charge on any atom is -0.389 e. The molecule has 0 saturated carbocycles. The van der Waals surface area contributed by atoms with Gasteiger partial charge in [0, 0.05) is 13.1 Å². The predicted molar refractivity (Wildman–Crippen MR) is 50.1 cm³/mol. The van der Waals surface area contributed by atoms with Crippen LogP contribution in [0.1, 0.15) is 26.7 Å². The third kappa shape index (κ3) is 2.97. The van der Waals surface area contributed by atoms with Crippen molar-refractivity contribution < 1.29 is 9.90 Å². The molecule has 1 amide bonds. The SMILES string of the molecule is CC(C)(O)CN1CCCC(N)C1=O. The van der Waals surface area contributed by atoms with Crippen LogP contribution >= 0.6 is 0 Å². The molecule has 4 heteroatoms. The average Bonchev–Trinajstić information content (AvgIpc) is 1.96. The third-order valence-corrected chi connectivity index (χ3v) is 2.15. The Bertz CT molecular complexity index is 198. The van der Waals surface area contributed by atoms with Gasteiger partial charge in [-0.2, -0.15) is 0 Å². The van der Waals surface area contributed by atoms with Crippen LogP contribution in [0.5, 0.6) is 0 Å². The molecule has 0 radical (unpaired) electrons. The maximum atomic E-state index is 11.5. The molecule has 0 bridgehead atoms. The van der Waals surface area contributed by atoms with Gasteiger partial charge in [-0.1, -0.05) is 0 Å². The van der Waals surface area contributed by atoms with Gasteiger partial charge in [-0.25, -0.2) is 0 Å². The zero-order chi connectivity index (χ0) is 10.1. The Morgan fingerprint density at radius 1 is 1.69 bits per heavy atom. The van der Waals surface area contributed by atoms with Gasteiger partial charge in [0.15, 0.2) is 0 Å². The number of nitrogens with two attached hydrogens (primary N) is 1. The molecule has 1 unspecified atom stereocenters. The quantitative estimate of drug-likeness (QED) is 0.622. The van der Waals surface area contributed by atoms with E-state index in [4.69, 9.17) is 5.73 Å². The van der Waals surface area contributed by atoms with Gasteiger partial charge in [0.1, 0.15) is 0 Å². The van der Waals surface area contributed by atoms with E-state index in [2.05, 4.69) is 0 Å². The highest BCUT2D eigenvalue weighted by atomic mass is 16.3. The van der Waals surface area contributed by atoms with Crippen LogP contribution < -0.4 is 5.73 Å². The molecule has 0 aliphatic carbocycles. The molecule has 1 rings (SSSR count). The summed E-state index contributed by atoms with van der Waals surface area (Å²) in [6, 6.07) is -0.365. The number of aliphatic hydroxyl groups is 1. The van der Waals surface area contributed by atoms with Crippen molar-refractivity contribution in [3.8, 4) is 0 Å². The number of likely N-dealkylation sites (tertiary alicyclic amines) is 1. The predicted octanol–water partition coefficient (Wildman–Crippen LogP) is -0.293. The van der Waals surface area contributed by atoms with E-state index in [1.807, 2.05) is 0 Å². The summed E-state index contributed by atoms with van der Waals surface area (Å²) in [6.07, 6.45) is 1.70. The fourth-order valence-electron chi connectivity index (χ4n) is 1.59. The third-order valence-electron chi connectivity index (χ3n) is 2.15. The summed E-state index contributed by atoms with van der Waals surface area (Å²) in [6.45, 7) is 4.48. The molecule has 1 aliphatic heterocycles. The van der Waals surface area contributed by atoms with Crippen molar-refractivity contribution in [1.82, 2.24) is 4.90 Å². The van der Waals surface area contributed by atoms with Crippen molar-refractivity contribution in [3.63, 3.8) is 0 Å². The smallest absolute Gasteiger partial charge is 0.239 e. The molecule has 0 spiro atoms. The van der Waals surface area contributed by atoms with Crippen LogP contribution in [-0.4, -0.2) is 40.6 Å². The second-order valence-electron chi connectivity index (χ2n) is 4.32. The number of hydrogen-bond donors (Lipinski definition) is 2. The van der Waals surface area contributed by atoms with Crippen LogP contribution in [0.4, 0.5) is 0 Å². The monoisotopic (exact) mass is 186 g/mol. The lowest BCUT2D eigenvalue weighted by Gasteiger charge is -2.34. The van der Waals surface area contributed by atoms with Crippen LogP contribution in [0, 0.1) is 0 Å². The van der Waals surface area contributed by atoms with E-state index in [0.29, 0.717) is 6.54 Å². The Morgan fingerprint density at radius 3 is 2.85 bits per heavy atom. The van der Waals surface area contributed by atoms with Gasteiger partial charge in [0.25, 0.3) is 0 Å². The van der Waals surface area contributed by atoms with Gasteiger partial charge in [0.2, 0.25) is 5.91 Å². The highest BCUT2D eigenvalue weighted by Gasteiger charge is 2.29. The maximum Gasteiger partial charge on any atom is 0.239 e. The van der Waals surface area contributed by atoms with E-state index in [1.165, 1.54) is 0 Å². The number of amides is 1. The number of nitrogens with zero attached hydrogens (tertiary/aromatic N) is 1. The van der Waals surface area contributed by atoms with Crippen LogP contribution in [0.2, 0.25) is 0 Å². The topological polar surface area (TPSA) is 66.6 Å². The summed E-state index contributed by atoms with van der Waals surface area (Å²) in [5, 5.41) is 9.54. The summed E-state index contributed by atoms with van der Waals surface area (Å²) in [5.74, 6) is -0.0339. The molecule has 0 aromatic heterocycles. The van der Waals surface area contributed by atoms with Gasteiger partial charge in [-0.15, -0.1) is 0 Å². The first-order valence-corrected chi connectivity index (χ1v) is 4.67. The standard InChI is InChI=1S/C9H18N2O2/c1-9(2,13)6-11-5-3-4-7(10)8(11)12/h7,13H,3-6,10H2,1-2H3. The van der Waals surface area contributed by atoms with Crippen molar-refractivity contribution >= 4 is 5.91 Å². The Labute approximate surface area is 78.7 Å². The van der Waals surface area contributed by atoms with E-state index >= 15 is 0 Å². The Kier molecular flexibility index (Phi) is 2.93. The van der Waals surface area contributed by atoms with Crippen LogP contribution in [-0.2, 0) is 4.79 Å². The Morgan fingerprint density at radius 2 is 2.31 bits per heavy atom. The first-order chi connectivity index (χ1) is 5.90. The zero-order valence-corrected chi connectivity index (χ0v) is 8.29. The average molecular weight is 186 g/mol. The zero-order valence-electron chi connectivity index (χ0n) is 8.29. The molecule has 1 aliphatic rings. The Balaban J connectivity index is 2.54. The highest BCUT2D eigenvalue weighted by molar-refractivity contribution is 5.82. The molecule has 1 saturated heterocycles. The molecular formula is C9H18N2O2. The summed E-state index contributed by atoms with van der Waals surface area (Å²) < 4.78 is 0. The van der Waals surface area contributed by atoms with Crippen molar-refractivity contribution in [1.29, 1.82) is 0 Å². The number of β-amino-alcohol motifs (C(OH)–C–C–N with tert-alkyl or cyclic N) is 1. The Hall–Kier alpha value is -0.610. The number of piperidine rings is 1. The minimum atomic E-state index is -0.827. The van der Waals surface area contributed by atoms with E-state index < -0.39 is 5.60 Å². The van der Waals surface area contributed by atoms with Gasteiger partial charge in [0.05, 0.1) is 11.6 Å². The first kappa shape index (κ1) is 10.5. The van der Waals surface area contributed by atoms with Gasteiger partial charge < -0.3 is 15.7 Å². The van der Waals surface area contributed by atoms with Gasteiger partial charge in [-0.3, -0.25) is 4.79 Å². The second kappa shape index (κ2) is 3.64. The van der Waals surface area contributed by atoms with Crippen LogP contribution in [0.3, 0.4) is 0 Å². The molecule has 0 aromatic carbocycles. The summed E-state index contributed by atoms with van der Waals surface area (Å²) in [4.78, 5) is 13.1. The van der Waals surface area contributed by atoms with E-state index in [-0.39, 0.29) is 11.9 Å². The lowest BCUT2D eigenvalue weighted by molar-refractivity contribution is -0.138. The van der Waals surface area contributed by atoms with Crippen molar-refractivity contribution in [2.75, 3.05) is 13.1 Å². The van der Waals surface area contributed by atoms with E-state index in [1.54, 1.807) is 18.7 Å². The molecule has 76 valence electrons. The summed E-state index contributed by atoms with van der Waals surface area (Å²) >= 11 is 0. The molecule has 3 N–H and O–H groups in total. The van der Waals surface area contributed by atoms with E-state index in [0.717, 1.165) is 19.4 Å². The fraction of sp³-hybridized carbons (Fsp3) is 0.889. The van der Waals surface area contributed by atoms with Crippen molar-refractivity contribution in [2.45, 2.75) is 38.3 Å². The van der Waals surface area contributed by atoms with Gasteiger partial charge >= 0.3 is 0 Å². The lowest BCUT2D eigenvalue weighted by atomic mass is 10.0. The molecule has 0 aromatic rings. The summed E-state index contributed by atoms with van der Waals surface area (Å²) in [7, 11) is 0. The number of hydrogen-bond acceptors (Lipinski definition) is 3. The van der Waals surface area contributed by atoms with E-state index in [9.17, 15) is 9.90 Å². The summed E-state index contributed by atoms with van der Waals surface area (Å²) in [5.41, 5.74) is 4.79. The molecule has 1 heterocycles. The minimum absolute atomic E-state index is 0.0339. The molecule has 1 atom stereocenters. The first-order valence-electron chi connectivity index (χ1n) is 4.67. The van der Waals surface area contributed by atoms with Gasteiger partial charge in [-0.05, 0) is 26.7 Å². The maximum absolute atomic E-state index is 11.5. The van der Waals surface area contributed by atoms with Crippen LogP contribution in [0.25, 0.3) is 0 Å². The fourth-order valence-corrected chi connectivity index (χ4v) is 1.59. The van der Waals surface area contributed by atoms with Crippen molar-refractivity contribution in [3.05, 3.63) is 0 Å². The number of carbonyl (C=O) groups excluding carboxylic acids is 1.